The number of hydrogen-bond donors (Lipinski definition) is 2. The van der Waals surface area contributed by atoms with Crippen LogP contribution in [0.3, 0.4) is 0 Å². The molecule has 0 fully saturated rings. The fraction of sp³-hybridized carbons (Fsp3) is 0.115. The number of nitrogens with one attached hydrogen (secondary N) is 2. The number of hydrogen-bond acceptors (Lipinski definition) is 3. The van der Waals surface area contributed by atoms with Crippen LogP contribution in [0.1, 0.15) is 16.7 Å². The second-order valence-electron chi connectivity index (χ2n) is 7.51. The molecule has 0 atom stereocenters. The van der Waals surface area contributed by atoms with E-state index in [-0.39, 0.29) is 0 Å². The summed E-state index contributed by atoms with van der Waals surface area (Å²) < 4.78 is 0. The first-order chi connectivity index (χ1) is 14.8. The van der Waals surface area contributed by atoms with Gasteiger partial charge in [0, 0.05) is 18.0 Å². The van der Waals surface area contributed by atoms with E-state index in [0.29, 0.717) is 0 Å². The van der Waals surface area contributed by atoms with Crippen molar-refractivity contribution in [3.63, 3.8) is 0 Å². The number of imidazole rings is 1. The Hall–Kier alpha value is -3.21. The van der Waals surface area contributed by atoms with Crippen molar-refractivity contribution >= 4 is 22.4 Å². The van der Waals surface area contributed by atoms with Gasteiger partial charge in [-0.25, -0.2) is 4.98 Å². The molecular formula is C26H23N3S. The van der Waals surface area contributed by atoms with E-state index in [4.69, 9.17) is 4.98 Å². The van der Waals surface area contributed by atoms with Crippen molar-refractivity contribution < 1.29 is 0 Å². The maximum Gasteiger partial charge on any atom is 0.148 e. The highest BCUT2D eigenvalue weighted by atomic mass is 32.1. The molecule has 5 rings (SSSR count). The normalized spacial score (nSPS) is 11.2. The highest BCUT2D eigenvalue weighted by Gasteiger charge is 2.10. The molecule has 0 amide bonds. The zero-order valence-corrected chi connectivity index (χ0v) is 17.7. The lowest BCUT2D eigenvalue weighted by molar-refractivity contribution is 0.693. The van der Waals surface area contributed by atoms with E-state index in [1.165, 1.54) is 27.1 Å². The average Bonchev–Trinajstić information content (AvgIpc) is 3.43. The minimum absolute atomic E-state index is 0.864. The zero-order chi connectivity index (χ0) is 20.3. The first-order valence-corrected chi connectivity index (χ1v) is 11.0. The highest BCUT2D eigenvalue weighted by molar-refractivity contribution is 7.18. The minimum atomic E-state index is 0.864. The van der Waals surface area contributed by atoms with Gasteiger partial charge in [-0.3, -0.25) is 0 Å². The molecule has 2 heterocycles. The monoisotopic (exact) mass is 409 g/mol. The molecule has 2 N–H and O–H groups in total. The second kappa shape index (κ2) is 8.27. The summed E-state index contributed by atoms with van der Waals surface area (Å²) in [6, 6.07) is 29.9. The molecule has 0 spiro atoms. The van der Waals surface area contributed by atoms with Crippen LogP contribution in [0.15, 0.2) is 84.9 Å². The molecule has 3 nitrogen and oxygen atoms in total. The number of aryl methyl sites for hydroxylation is 1. The predicted octanol–water partition coefficient (Wildman–Crippen LogP) is 6.56. The maximum absolute atomic E-state index is 4.81. The number of thiophene rings is 1. The van der Waals surface area contributed by atoms with Crippen LogP contribution in [-0.4, -0.2) is 9.97 Å². The number of aromatic nitrogens is 2. The summed E-state index contributed by atoms with van der Waals surface area (Å²) in [6.45, 7) is 3.85. The third kappa shape index (κ3) is 3.92. The first-order valence-electron chi connectivity index (χ1n) is 10.2. The Labute approximate surface area is 180 Å². The van der Waals surface area contributed by atoms with Gasteiger partial charge in [0.25, 0.3) is 0 Å². The van der Waals surface area contributed by atoms with E-state index >= 15 is 0 Å². The molecule has 0 saturated heterocycles. The van der Waals surface area contributed by atoms with E-state index in [1.54, 1.807) is 11.3 Å². The van der Waals surface area contributed by atoms with Crippen molar-refractivity contribution in [2.45, 2.75) is 20.0 Å². The van der Waals surface area contributed by atoms with Crippen LogP contribution in [0.4, 0.5) is 0 Å². The van der Waals surface area contributed by atoms with Gasteiger partial charge in [-0.15, -0.1) is 11.3 Å². The smallest absolute Gasteiger partial charge is 0.148 e. The molecule has 148 valence electrons. The van der Waals surface area contributed by atoms with Gasteiger partial charge in [0.05, 0.1) is 15.9 Å². The van der Waals surface area contributed by atoms with Gasteiger partial charge in [0.15, 0.2) is 0 Å². The van der Waals surface area contributed by atoms with Crippen LogP contribution >= 0.6 is 11.3 Å². The Bertz CT molecular complexity index is 1270. The van der Waals surface area contributed by atoms with Crippen molar-refractivity contribution in [1.29, 1.82) is 0 Å². The Morgan fingerprint density at radius 3 is 2.27 bits per heavy atom. The standard InChI is InChI=1S/C26H23N3S/c1-18-6-5-9-22-25(18)29-26(28-22)24-15-14-23(30-24)21-12-10-20(11-13-21)17-27-16-19-7-3-2-4-8-19/h2-15,27H,16-17H2,1H3,(H,28,29). The largest absolute Gasteiger partial charge is 0.337 e. The van der Waals surface area contributed by atoms with E-state index in [9.17, 15) is 0 Å². The molecule has 0 radical (unpaired) electrons. The first kappa shape index (κ1) is 18.8. The van der Waals surface area contributed by atoms with Crippen LogP contribution in [0.25, 0.3) is 32.2 Å². The molecule has 0 aliphatic rings. The Morgan fingerprint density at radius 2 is 1.50 bits per heavy atom. The van der Waals surface area contributed by atoms with Gasteiger partial charge in [-0.05, 0) is 47.4 Å². The fourth-order valence-corrected chi connectivity index (χ4v) is 4.60. The van der Waals surface area contributed by atoms with Crippen LogP contribution in [0, 0.1) is 6.92 Å². The maximum atomic E-state index is 4.81. The Morgan fingerprint density at radius 1 is 0.767 bits per heavy atom. The summed E-state index contributed by atoms with van der Waals surface area (Å²) in [5.74, 6) is 0.942. The third-order valence-corrected chi connectivity index (χ3v) is 6.43. The molecule has 2 aromatic heterocycles. The van der Waals surface area contributed by atoms with Gasteiger partial charge in [-0.2, -0.15) is 0 Å². The SMILES string of the molecule is Cc1cccc2[nH]c(-c3ccc(-c4ccc(CNCc5ccccc5)cc4)s3)nc12. The predicted molar refractivity (Wildman–Crippen MR) is 127 cm³/mol. The number of H-pyrrole nitrogens is 1. The van der Waals surface area contributed by atoms with E-state index in [2.05, 4.69) is 96.1 Å². The number of aromatic amines is 1. The lowest BCUT2D eigenvalue weighted by atomic mass is 10.1. The summed E-state index contributed by atoms with van der Waals surface area (Å²) in [4.78, 5) is 10.7. The molecule has 0 bridgehead atoms. The van der Waals surface area contributed by atoms with Crippen LogP contribution in [0.2, 0.25) is 0 Å². The summed E-state index contributed by atoms with van der Waals surface area (Å²) in [7, 11) is 0. The topological polar surface area (TPSA) is 40.7 Å². The van der Waals surface area contributed by atoms with E-state index in [1.807, 2.05) is 6.07 Å². The van der Waals surface area contributed by atoms with Crippen molar-refractivity contribution in [3.05, 3.63) is 102 Å². The Balaban J connectivity index is 1.28. The molecule has 0 aliphatic heterocycles. The van der Waals surface area contributed by atoms with Crippen molar-refractivity contribution in [1.82, 2.24) is 15.3 Å². The molecule has 0 saturated carbocycles. The van der Waals surface area contributed by atoms with Gasteiger partial charge < -0.3 is 10.3 Å². The average molecular weight is 410 g/mol. The summed E-state index contributed by atoms with van der Waals surface area (Å²) in [5, 5.41) is 3.51. The summed E-state index contributed by atoms with van der Waals surface area (Å²) >= 11 is 1.77. The van der Waals surface area contributed by atoms with Crippen molar-refractivity contribution in [2.24, 2.45) is 0 Å². The number of para-hydroxylation sites is 1. The summed E-state index contributed by atoms with van der Waals surface area (Å²) in [5.41, 5.74) is 7.18. The molecule has 4 heteroatoms. The molecular weight excluding hydrogens is 386 g/mol. The van der Waals surface area contributed by atoms with Crippen LogP contribution < -0.4 is 5.32 Å². The molecule has 5 aromatic rings. The van der Waals surface area contributed by atoms with Gasteiger partial charge in [-0.1, -0.05) is 66.7 Å². The summed E-state index contributed by atoms with van der Waals surface area (Å²) in [6.07, 6.45) is 0. The molecule has 0 aliphatic carbocycles. The van der Waals surface area contributed by atoms with Gasteiger partial charge >= 0.3 is 0 Å². The van der Waals surface area contributed by atoms with Crippen LogP contribution in [-0.2, 0) is 13.1 Å². The van der Waals surface area contributed by atoms with Gasteiger partial charge in [0.1, 0.15) is 5.82 Å². The van der Waals surface area contributed by atoms with Crippen LogP contribution in [0.5, 0.6) is 0 Å². The lowest BCUT2D eigenvalue weighted by Gasteiger charge is -2.06. The van der Waals surface area contributed by atoms with Crippen molar-refractivity contribution in [2.75, 3.05) is 0 Å². The zero-order valence-electron chi connectivity index (χ0n) is 16.9. The number of rotatable bonds is 6. The molecule has 3 aromatic carbocycles. The number of fused-ring (bicyclic) bond motifs is 1. The molecule has 0 unspecified atom stereocenters. The van der Waals surface area contributed by atoms with E-state index in [0.717, 1.165) is 34.8 Å². The fourth-order valence-electron chi connectivity index (χ4n) is 3.65. The lowest BCUT2D eigenvalue weighted by Crippen LogP contribution is -2.12. The third-order valence-electron chi connectivity index (χ3n) is 5.29. The highest BCUT2D eigenvalue weighted by Crippen LogP contribution is 2.34. The van der Waals surface area contributed by atoms with E-state index < -0.39 is 0 Å². The molecule has 30 heavy (non-hydrogen) atoms. The van der Waals surface area contributed by atoms with Gasteiger partial charge in [0.2, 0.25) is 0 Å². The minimum Gasteiger partial charge on any atom is -0.337 e. The van der Waals surface area contributed by atoms with Crippen molar-refractivity contribution in [3.8, 4) is 21.1 Å². The number of nitrogens with zero attached hydrogens (tertiary/aromatic N) is 1. The Kier molecular flexibility index (Phi) is 5.18. The second-order valence-corrected chi connectivity index (χ2v) is 8.59. The quantitative estimate of drug-likeness (QED) is 0.333. The number of benzene rings is 3.